The lowest BCUT2D eigenvalue weighted by atomic mass is 9.84. The maximum Gasteiger partial charge on any atom is 0.373 e. The molecule has 8 atom stereocenters. The minimum Gasteiger partial charge on any atom is -0.425 e. The van der Waals surface area contributed by atoms with E-state index < -0.39 is 7.60 Å². The normalized spacial score (nSPS) is 13.9. The van der Waals surface area contributed by atoms with Gasteiger partial charge in [0.2, 0.25) is 0 Å². The Morgan fingerprint density at radius 1 is 0.371 bits per heavy atom. The van der Waals surface area contributed by atoms with E-state index in [1.54, 1.807) is 79.8 Å². The Balaban J connectivity index is -0.000000406. The SMILES string of the molecule is C=CCCCC(CCCC=C)(NC)C(C)=O.C=CCCCCCC[C@@](C)(NC)C(C)=O.C=CCCCCCC[C@](C)(NC)C(C)=O.C=CCCC[C@@](C)(NC)C(C)=O.C=CCCC[C@](C)(NC)C(C)=O.CN[C@@H](Cc1ccc(C)cc1)C(C)=O.CN[C@@H](Cc1ccc(OP(C)(=O)O)cc1)C(C)=O.CN[C@@H](Cc1cccc(C)c1)C(C)=O. The molecule has 0 fully saturated rings. The van der Waals surface area contributed by atoms with Crippen molar-refractivity contribution in [2.75, 3.05) is 63.0 Å². The van der Waals surface area contributed by atoms with Gasteiger partial charge in [-0.05, 0) is 317 Å². The fraction of sp³-hybridized carbons (Fsp3) is 0.604. The molecule has 3 aromatic carbocycles. The molecule has 0 aromatic heterocycles. The summed E-state index contributed by atoms with van der Waals surface area (Å²) < 4.78 is 15.9. The number of carbonyl (C=O) groups is 8. The first-order chi connectivity index (χ1) is 54.5. The third-order valence-corrected chi connectivity index (χ3v) is 22.1. The predicted molar refractivity (Wildman–Crippen MR) is 494 cm³/mol. The minimum atomic E-state index is -3.52. The van der Waals surface area contributed by atoms with Crippen LogP contribution in [-0.2, 0) is 62.2 Å². The molecular formula is C96H165N8O11P. The lowest BCUT2D eigenvalue weighted by Crippen LogP contribution is -2.49. The summed E-state index contributed by atoms with van der Waals surface area (Å²) in [5, 5.41) is 24.5. The Kier molecular flexibility index (Phi) is 70.0. The minimum absolute atomic E-state index is 0.0577. The van der Waals surface area contributed by atoms with Crippen molar-refractivity contribution in [3.8, 4) is 5.75 Å². The third-order valence-electron chi connectivity index (χ3n) is 21.6. The Hall–Kier alpha value is -6.87. The molecule has 0 bridgehead atoms. The van der Waals surface area contributed by atoms with Crippen LogP contribution < -0.4 is 47.1 Å². The third kappa shape index (κ3) is 57.3. The molecular weight excluding hydrogens is 1470 g/mol. The van der Waals surface area contributed by atoms with Crippen molar-refractivity contribution >= 4 is 53.9 Å². The van der Waals surface area contributed by atoms with E-state index in [1.807, 2.05) is 120 Å². The Morgan fingerprint density at radius 2 is 0.647 bits per heavy atom. The number of hydrogen-bond acceptors (Lipinski definition) is 18. The van der Waals surface area contributed by atoms with Crippen LogP contribution in [0.25, 0.3) is 0 Å². The van der Waals surface area contributed by atoms with Gasteiger partial charge in [0, 0.05) is 6.66 Å². The van der Waals surface area contributed by atoms with Crippen LogP contribution in [0.4, 0.5) is 0 Å². The molecule has 660 valence electrons. The summed E-state index contributed by atoms with van der Waals surface area (Å²) in [5.74, 6) is 1.91. The zero-order valence-electron chi connectivity index (χ0n) is 76.9. The molecule has 0 saturated heterocycles. The second kappa shape index (κ2) is 69.0. The van der Waals surface area contributed by atoms with E-state index >= 15 is 0 Å². The number of Topliss-reactive ketones (excluding diaryl/α,β-unsaturated/α-hetero) is 8. The Morgan fingerprint density at radius 3 is 0.897 bits per heavy atom. The first-order valence-electron chi connectivity index (χ1n) is 41.9. The van der Waals surface area contributed by atoms with Gasteiger partial charge in [-0.1, -0.05) is 147 Å². The van der Waals surface area contributed by atoms with Crippen molar-refractivity contribution in [2.45, 2.75) is 316 Å². The van der Waals surface area contributed by atoms with E-state index in [0.29, 0.717) is 12.2 Å². The fourth-order valence-corrected chi connectivity index (χ4v) is 12.4. The van der Waals surface area contributed by atoms with Crippen molar-refractivity contribution < 1.29 is 52.3 Å². The average Bonchev–Trinajstić information content (AvgIpc) is 0.853. The van der Waals surface area contributed by atoms with Gasteiger partial charge in [0.05, 0.1) is 45.8 Å². The van der Waals surface area contributed by atoms with Crippen LogP contribution in [-0.4, -0.2) is 160 Å². The fourth-order valence-electron chi connectivity index (χ4n) is 11.8. The highest BCUT2D eigenvalue weighted by Gasteiger charge is 2.33. The summed E-state index contributed by atoms with van der Waals surface area (Å²) in [6.45, 7) is 48.3. The number of hydrogen-bond donors (Lipinski definition) is 9. The van der Waals surface area contributed by atoms with Gasteiger partial charge in [-0.2, -0.15) is 0 Å². The summed E-state index contributed by atoms with van der Waals surface area (Å²) in [7, 11) is 11.1. The number of benzene rings is 3. The highest BCUT2D eigenvalue weighted by molar-refractivity contribution is 7.52. The topological polar surface area (TPSA) is 279 Å². The monoisotopic (exact) mass is 1640 g/mol. The second-order valence-electron chi connectivity index (χ2n) is 31.1. The van der Waals surface area contributed by atoms with E-state index in [-0.39, 0.29) is 92.1 Å². The van der Waals surface area contributed by atoms with Gasteiger partial charge in [-0.15, -0.1) is 39.5 Å². The maximum atomic E-state index is 11.8. The van der Waals surface area contributed by atoms with Crippen LogP contribution in [0.2, 0.25) is 0 Å². The molecule has 3 aromatic rings. The van der Waals surface area contributed by atoms with Crippen LogP contribution >= 0.6 is 7.60 Å². The summed E-state index contributed by atoms with van der Waals surface area (Å²) in [5.41, 5.74) is 4.18. The number of likely N-dealkylation sites (N-methyl/N-ethyl adjacent to an activating group) is 8. The highest BCUT2D eigenvalue weighted by atomic mass is 31.2. The van der Waals surface area contributed by atoms with Crippen LogP contribution in [0.3, 0.4) is 0 Å². The van der Waals surface area contributed by atoms with Crippen LogP contribution in [0.1, 0.15) is 265 Å². The first-order valence-corrected chi connectivity index (χ1v) is 43.9. The van der Waals surface area contributed by atoms with Gasteiger partial charge in [-0.3, -0.25) is 38.4 Å². The number of aryl methyl sites for hydroxylation is 2. The lowest BCUT2D eigenvalue weighted by molar-refractivity contribution is -0.124. The van der Waals surface area contributed by atoms with E-state index in [1.165, 1.54) is 67.7 Å². The van der Waals surface area contributed by atoms with E-state index in [2.05, 4.69) is 138 Å². The van der Waals surface area contributed by atoms with Crippen LogP contribution in [0.5, 0.6) is 5.75 Å². The largest absolute Gasteiger partial charge is 0.425 e. The molecule has 0 aliphatic carbocycles. The predicted octanol–water partition coefficient (Wildman–Crippen LogP) is 18.3. The van der Waals surface area contributed by atoms with Gasteiger partial charge >= 0.3 is 7.60 Å². The average molecular weight is 1640 g/mol. The van der Waals surface area contributed by atoms with E-state index in [9.17, 15) is 42.9 Å². The summed E-state index contributed by atoms with van der Waals surface area (Å²) in [6, 6.07) is 23.0. The highest BCUT2D eigenvalue weighted by Crippen LogP contribution is 2.38. The number of unbranched alkanes of at least 4 members (excludes halogenated alkanes) is 12. The standard InChI is InChI=1S/C14H25NO.2C13H25NO.C12H18NO4P.2C12H17NO.2C10H19NO/c1-5-7-9-11-14(15-4,13(3)16)12-10-8-6-2;2*1-5-6-7-8-9-10-11-13(3,14-4)12(2)15;1-9(14)12(13-2)8-10-4-6-11(7-5-10)17-18(3,15)16;1-9-4-6-11(7-5-9)8-12(13-3)10(2)14;1-9-5-4-6-11(7-9)8-12(13-3)10(2)14;2*1-5-6-7-8-10(3,11-4)9(2)12/h5-6,15H,1-2,7-12H2,3-4H3;2*5,14H,1,6-11H2,2-4H3;4-7,12-13H,8H2,1-3H3,(H,15,16);2*4-7,12-13H,8H2,1-3H3;2*5,11H,1,6-8H2,2-4H3/t;2*13-;3*12-;2*10-/m.1000010/s1. The van der Waals surface area contributed by atoms with Crippen molar-refractivity contribution in [3.63, 3.8) is 0 Å². The molecule has 0 spiro atoms. The molecule has 0 aliphatic rings. The lowest BCUT2D eigenvalue weighted by Gasteiger charge is -2.31. The first kappa shape index (κ1) is 118. The summed E-state index contributed by atoms with van der Waals surface area (Å²) >= 11 is 0. The molecule has 116 heavy (non-hydrogen) atoms. The van der Waals surface area contributed by atoms with Gasteiger partial charge in [0.25, 0.3) is 0 Å². The van der Waals surface area contributed by atoms with Crippen molar-refractivity contribution in [1.82, 2.24) is 42.5 Å². The molecule has 0 heterocycles. The van der Waals surface area contributed by atoms with E-state index in [4.69, 9.17) is 9.42 Å². The van der Waals surface area contributed by atoms with Gasteiger partial charge in [0.1, 0.15) is 52.0 Å². The Bertz CT molecular complexity index is 3220. The molecule has 0 radical (unpaired) electrons. The molecule has 0 saturated carbocycles. The van der Waals surface area contributed by atoms with Crippen LogP contribution in [0, 0.1) is 13.8 Å². The summed E-state index contributed by atoms with van der Waals surface area (Å²) in [6.07, 6.45) is 38.8. The van der Waals surface area contributed by atoms with Crippen molar-refractivity contribution in [3.05, 3.63) is 177 Å². The quantitative estimate of drug-likeness (QED) is 0.0144. The summed E-state index contributed by atoms with van der Waals surface area (Å²) in [4.78, 5) is 99.7. The number of carbonyl (C=O) groups excluding carboxylic acids is 8. The number of allylic oxidation sites excluding steroid dienone is 6. The van der Waals surface area contributed by atoms with Crippen molar-refractivity contribution in [2.24, 2.45) is 0 Å². The molecule has 19 nitrogen and oxygen atoms in total. The van der Waals surface area contributed by atoms with Crippen molar-refractivity contribution in [1.29, 1.82) is 0 Å². The molecule has 20 heteroatoms. The molecule has 0 amide bonds. The number of rotatable bonds is 54. The van der Waals surface area contributed by atoms with Crippen LogP contribution in [0.15, 0.2) is 149 Å². The molecule has 1 unspecified atom stereocenters. The maximum absolute atomic E-state index is 11.8. The Labute approximate surface area is 706 Å². The molecule has 3 rings (SSSR count). The smallest absolute Gasteiger partial charge is 0.373 e. The van der Waals surface area contributed by atoms with Gasteiger partial charge < -0.3 is 52.0 Å². The van der Waals surface area contributed by atoms with Gasteiger partial charge in [0.15, 0.2) is 0 Å². The zero-order valence-corrected chi connectivity index (χ0v) is 77.8. The van der Waals surface area contributed by atoms with E-state index in [0.717, 1.165) is 141 Å². The zero-order chi connectivity index (χ0) is 90.0. The number of ketones is 8. The number of nitrogens with one attached hydrogen (secondary N) is 8. The second-order valence-corrected chi connectivity index (χ2v) is 32.9. The molecule has 9 N–H and O–H groups in total. The van der Waals surface area contributed by atoms with Gasteiger partial charge in [-0.25, -0.2) is 4.57 Å². The molecule has 0 aliphatic heterocycles.